The van der Waals surface area contributed by atoms with Gasteiger partial charge in [0.05, 0.1) is 27.7 Å². The molecule has 0 fully saturated rings. The summed E-state index contributed by atoms with van der Waals surface area (Å²) in [5.74, 6) is -0.902. The van der Waals surface area contributed by atoms with Crippen LogP contribution in [0.2, 0.25) is 0 Å². The maximum absolute atomic E-state index is 12.7. The van der Waals surface area contributed by atoms with Crippen LogP contribution in [0.25, 0.3) is 0 Å². The average molecular weight is 892 g/mol. The van der Waals surface area contributed by atoms with Gasteiger partial charge in [0.15, 0.2) is 6.10 Å². The molecule has 0 heterocycles. The number of phosphoric ester groups is 1. The standard InChI is InChI=1S/C52H94NO8P/c1-6-8-10-12-14-16-18-20-22-24-25-26-27-29-30-32-34-36-38-40-42-44-51(54)58-48-50(49-60-62(56,57)59-47-46-53(3,4)5)61-52(55)45-43-41-39-37-35-33-31-28-23-21-19-17-15-13-11-9-7-2/h17,19,22,24,26-27,30,32,36,38,50H,6-16,18,20-21,23,25,28-29,31,33-35,37,39-49H2,1-5H3/b19-17+,24-22+,27-26+,32-30+,38-36+/t50-/m1/s1. The van der Waals surface area contributed by atoms with E-state index in [0.29, 0.717) is 23.9 Å². The number of quaternary nitrogens is 1. The molecule has 360 valence electrons. The molecule has 9 nitrogen and oxygen atoms in total. The van der Waals surface area contributed by atoms with Crippen molar-refractivity contribution in [1.82, 2.24) is 0 Å². The summed E-state index contributed by atoms with van der Waals surface area (Å²) in [5.41, 5.74) is 0. The summed E-state index contributed by atoms with van der Waals surface area (Å²) < 4.78 is 33.9. The predicted octanol–water partition coefficient (Wildman–Crippen LogP) is 14.2. The van der Waals surface area contributed by atoms with Gasteiger partial charge in [-0.3, -0.25) is 14.2 Å². The lowest BCUT2D eigenvalue weighted by Crippen LogP contribution is -2.37. The number of rotatable bonds is 45. The molecular formula is C52H94NO8P. The van der Waals surface area contributed by atoms with Crippen LogP contribution in [0.15, 0.2) is 60.8 Å². The van der Waals surface area contributed by atoms with Crippen LogP contribution in [-0.2, 0) is 32.7 Å². The summed E-state index contributed by atoms with van der Waals surface area (Å²) in [4.78, 5) is 37.6. The fraction of sp³-hybridized carbons (Fsp3) is 0.769. The second-order valence-electron chi connectivity index (χ2n) is 17.8. The molecule has 0 aromatic heterocycles. The Morgan fingerprint density at radius 1 is 0.500 bits per heavy atom. The van der Waals surface area contributed by atoms with Gasteiger partial charge in [-0.25, -0.2) is 0 Å². The maximum atomic E-state index is 12.7. The lowest BCUT2D eigenvalue weighted by atomic mass is 10.1. The highest BCUT2D eigenvalue weighted by Crippen LogP contribution is 2.38. The number of hydrogen-bond acceptors (Lipinski definition) is 8. The van der Waals surface area contributed by atoms with Crippen molar-refractivity contribution in [2.24, 2.45) is 0 Å². The van der Waals surface area contributed by atoms with Crippen molar-refractivity contribution in [2.45, 2.75) is 213 Å². The van der Waals surface area contributed by atoms with E-state index in [1.807, 2.05) is 21.1 Å². The quantitative estimate of drug-likeness (QED) is 0.0195. The highest BCUT2D eigenvalue weighted by molar-refractivity contribution is 7.45. The van der Waals surface area contributed by atoms with Crippen molar-refractivity contribution in [3.63, 3.8) is 0 Å². The van der Waals surface area contributed by atoms with E-state index in [2.05, 4.69) is 74.6 Å². The van der Waals surface area contributed by atoms with Crippen molar-refractivity contribution in [3.05, 3.63) is 60.8 Å². The van der Waals surface area contributed by atoms with Crippen LogP contribution in [0.4, 0.5) is 0 Å². The molecule has 0 aromatic rings. The summed E-state index contributed by atoms with van der Waals surface area (Å²) in [6.07, 6.45) is 54.0. The molecule has 0 aliphatic carbocycles. The van der Waals surface area contributed by atoms with Crippen LogP contribution in [0, 0.1) is 0 Å². The Labute approximate surface area is 381 Å². The van der Waals surface area contributed by atoms with E-state index < -0.39 is 32.5 Å². The van der Waals surface area contributed by atoms with Gasteiger partial charge in [0, 0.05) is 12.8 Å². The highest BCUT2D eigenvalue weighted by atomic mass is 31.2. The lowest BCUT2D eigenvalue weighted by molar-refractivity contribution is -0.870. The van der Waals surface area contributed by atoms with Crippen LogP contribution >= 0.6 is 7.82 Å². The van der Waals surface area contributed by atoms with Crippen molar-refractivity contribution in [3.8, 4) is 0 Å². The molecular weight excluding hydrogens is 798 g/mol. The van der Waals surface area contributed by atoms with Gasteiger partial charge in [-0.1, -0.05) is 177 Å². The third-order valence-corrected chi connectivity index (χ3v) is 11.5. The predicted molar refractivity (Wildman–Crippen MR) is 259 cm³/mol. The van der Waals surface area contributed by atoms with E-state index >= 15 is 0 Å². The Kier molecular flexibility index (Phi) is 42.3. The number of allylic oxidation sites excluding steroid dienone is 10. The molecule has 0 bridgehead atoms. The number of esters is 2. The fourth-order valence-corrected chi connectivity index (χ4v) is 7.31. The summed E-state index contributed by atoms with van der Waals surface area (Å²) in [6, 6.07) is 0. The number of ether oxygens (including phenoxy) is 2. The zero-order valence-electron chi connectivity index (χ0n) is 40.6. The number of phosphoric acid groups is 1. The van der Waals surface area contributed by atoms with Crippen molar-refractivity contribution in [2.75, 3.05) is 47.5 Å². The van der Waals surface area contributed by atoms with Gasteiger partial charge < -0.3 is 27.9 Å². The monoisotopic (exact) mass is 892 g/mol. The molecule has 0 amide bonds. The molecule has 0 aliphatic rings. The molecule has 0 aromatic carbocycles. The molecule has 0 rings (SSSR count). The van der Waals surface area contributed by atoms with E-state index in [1.165, 1.54) is 122 Å². The smallest absolute Gasteiger partial charge is 0.306 e. The Balaban J connectivity index is 4.38. The number of hydrogen-bond donors (Lipinski definition) is 0. The number of carbonyl (C=O) groups excluding carboxylic acids is 2. The third kappa shape index (κ3) is 47.2. The zero-order chi connectivity index (χ0) is 45.7. The van der Waals surface area contributed by atoms with Crippen molar-refractivity contribution in [1.29, 1.82) is 0 Å². The first-order chi connectivity index (χ1) is 30.0. The number of likely N-dealkylation sites (N-methyl/N-ethyl adjacent to an activating group) is 1. The second kappa shape index (κ2) is 43.9. The minimum Gasteiger partial charge on any atom is -0.756 e. The Morgan fingerprint density at radius 2 is 0.887 bits per heavy atom. The minimum absolute atomic E-state index is 0.0415. The second-order valence-corrected chi connectivity index (χ2v) is 19.2. The van der Waals surface area contributed by atoms with Gasteiger partial charge >= 0.3 is 11.9 Å². The van der Waals surface area contributed by atoms with Gasteiger partial charge in [0.2, 0.25) is 0 Å². The van der Waals surface area contributed by atoms with E-state index in [-0.39, 0.29) is 26.1 Å². The average Bonchev–Trinajstić information content (AvgIpc) is 3.23. The van der Waals surface area contributed by atoms with Gasteiger partial charge in [-0.05, 0) is 77.0 Å². The summed E-state index contributed by atoms with van der Waals surface area (Å²) >= 11 is 0. The van der Waals surface area contributed by atoms with Crippen LogP contribution < -0.4 is 4.89 Å². The molecule has 0 saturated heterocycles. The molecule has 10 heteroatoms. The van der Waals surface area contributed by atoms with Crippen LogP contribution in [0.5, 0.6) is 0 Å². The van der Waals surface area contributed by atoms with Gasteiger partial charge in [0.25, 0.3) is 7.82 Å². The van der Waals surface area contributed by atoms with Crippen LogP contribution in [-0.4, -0.2) is 70.0 Å². The molecule has 0 spiro atoms. The molecule has 0 radical (unpaired) electrons. The molecule has 62 heavy (non-hydrogen) atoms. The first kappa shape index (κ1) is 59.7. The topological polar surface area (TPSA) is 111 Å². The molecule has 2 atom stereocenters. The molecule has 0 saturated carbocycles. The zero-order valence-corrected chi connectivity index (χ0v) is 41.4. The highest BCUT2D eigenvalue weighted by Gasteiger charge is 2.21. The van der Waals surface area contributed by atoms with Crippen molar-refractivity contribution >= 4 is 19.8 Å². The Morgan fingerprint density at radius 3 is 1.37 bits per heavy atom. The SMILES string of the molecule is CCCCCC/C=C/CCCCCCCCCCCC(=O)O[C@H](COC(=O)CCC/C=C/C/C=C/C/C=C/C/C=C/CCCCCCCCC)COP(=O)([O-])OCC[N+](C)(C)C. The Hall–Kier alpha value is -2.29. The fourth-order valence-electron chi connectivity index (χ4n) is 6.58. The van der Waals surface area contributed by atoms with Crippen molar-refractivity contribution < 1.29 is 42.1 Å². The van der Waals surface area contributed by atoms with Crippen LogP contribution in [0.1, 0.15) is 206 Å². The van der Waals surface area contributed by atoms with E-state index in [0.717, 1.165) is 44.9 Å². The molecule has 0 N–H and O–H groups in total. The normalized spacial score (nSPS) is 14.0. The van der Waals surface area contributed by atoms with Crippen LogP contribution in [0.3, 0.4) is 0 Å². The lowest BCUT2D eigenvalue weighted by Gasteiger charge is -2.28. The summed E-state index contributed by atoms with van der Waals surface area (Å²) in [6.45, 7) is 4.16. The number of unbranched alkanes of at least 4 members (excludes halogenated alkanes) is 21. The van der Waals surface area contributed by atoms with Gasteiger partial charge in [-0.15, -0.1) is 0 Å². The first-order valence-corrected chi connectivity index (χ1v) is 26.5. The maximum Gasteiger partial charge on any atom is 0.306 e. The Bertz CT molecular complexity index is 1240. The minimum atomic E-state index is -4.64. The van der Waals surface area contributed by atoms with E-state index in [9.17, 15) is 19.0 Å². The summed E-state index contributed by atoms with van der Waals surface area (Å²) in [7, 11) is 1.13. The van der Waals surface area contributed by atoms with E-state index in [4.69, 9.17) is 18.5 Å². The summed E-state index contributed by atoms with van der Waals surface area (Å²) in [5, 5.41) is 0. The first-order valence-electron chi connectivity index (χ1n) is 25.0. The third-order valence-electron chi connectivity index (χ3n) is 10.5. The van der Waals surface area contributed by atoms with E-state index in [1.54, 1.807) is 0 Å². The van der Waals surface area contributed by atoms with Gasteiger partial charge in [0.1, 0.15) is 19.8 Å². The number of nitrogens with zero attached hydrogens (tertiary/aromatic N) is 1. The largest absolute Gasteiger partial charge is 0.756 e. The number of carbonyl (C=O) groups is 2. The van der Waals surface area contributed by atoms with Gasteiger partial charge in [-0.2, -0.15) is 0 Å². The molecule has 1 unspecified atom stereocenters. The molecule has 0 aliphatic heterocycles.